The number of nitrogens with zero attached hydrogens (tertiary/aromatic N) is 2. The number of methoxy groups -OCH3 is 2. The van der Waals surface area contributed by atoms with Gasteiger partial charge in [-0.25, -0.2) is 0 Å². The van der Waals surface area contributed by atoms with Crippen LogP contribution in [0.2, 0.25) is 0 Å². The molecule has 0 spiro atoms. The van der Waals surface area contributed by atoms with Gasteiger partial charge >= 0.3 is 0 Å². The van der Waals surface area contributed by atoms with Crippen LogP contribution in [0.25, 0.3) is 0 Å². The average Bonchev–Trinajstić information content (AvgIpc) is 3.49. The lowest BCUT2D eigenvalue weighted by Crippen LogP contribution is -2.52. The van der Waals surface area contributed by atoms with Crippen LogP contribution in [-0.2, 0) is 0 Å². The third kappa shape index (κ3) is 3.81. The van der Waals surface area contributed by atoms with Crippen molar-refractivity contribution in [2.75, 3.05) is 38.8 Å². The second-order valence-electron chi connectivity index (χ2n) is 7.54. The minimum Gasteiger partial charge on any atom is -0.497 e. The largest absolute Gasteiger partial charge is 0.497 e. The first-order chi connectivity index (χ1) is 13.1. The Hall–Kier alpha value is -1.72. The van der Waals surface area contributed by atoms with E-state index in [0.717, 1.165) is 35.6 Å². The summed E-state index contributed by atoms with van der Waals surface area (Å²) < 4.78 is 11.9. The Bertz CT molecular complexity index is 813. The van der Waals surface area contributed by atoms with Crippen LogP contribution in [0.15, 0.2) is 46.9 Å². The van der Waals surface area contributed by atoms with E-state index in [1.807, 2.05) is 6.07 Å². The molecular formula is C22H27BrN2O2. The minimum absolute atomic E-state index is 0.483. The number of anilines is 1. The molecule has 1 aliphatic heterocycles. The van der Waals surface area contributed by atoms with Crippen LogP contribution < -0.4 is 14.4 Å². The normalized spacial score (nSPS) is 25.3. The lowest BCUT2D eigenvalue weighted by atomic mass is 10.1. The fraction of sp³-hybridized carbons (Fsp3) is 0.455. The quantitative estimate of drug-likeness (QED) is 0.695. The van der Waals surface area contributed by atoms with E-state index in [4.69, 9.17) is 9.47 Å². The summed E-state index contributed by atoms with van der Waals surface area (Å²) in [6, 6.07) is 16.1. The van der Waals surface area contributed by atoms with Gasteiger partial charge in [0.2, 0.25) is 0 Å². The molecule has 2 fully saturated rings. The fourth-order valence-corrected chi connectivity index (χ4v) is 4.72. The summed E-state index contributed by atoms with van der Waals surface area (Å²) >= 11 is 3.54. The van der Waals surface area contributed by atoms with Gasteiger partial charge in [-0.05, 0) is 59.1 Å². The van der Waals surface area contributed by atoms with Crippen LogP contribution in [0, 0.1) is 0 Å². The first-order valence-corrected chi connectivity index (χ1v) is 10.4. The third-order valence-electron chi connectivity index (χ3n) is 5.87. The molecule has 0 radical (unpaired) electrons. The van der Waals surface area contributed by atoms with Gasteiger partial charge in [-0.1, -0.05) is 12.1 Å². The van der Waals surface area contributed by atoms with Crippen LogP contribution in [0.1, 0.15) is 24.8 Å². The van der Waals surface area contributed by atoms with Crippen molar-refractivity contribution in [1.29, 1.82) is 0 Å². The first kappa shape index (κ1) is 18.6. The number of benzene rings is 2. The summed E-state index contributed by atoms with van der Waals surface area (Å²) in [6.07, 6.45) is 1.26. The predicted octanol–water partition coefficient (Wildman–Crippen LogP) is 4.53. The van der Waals surface area contributed by atoms with Gasteiger partial charge in [-0.15, -0.1) is 0 Å². The summed E-state index contributed by atoms with van der Waals surface area (Å²) in [5.41, 5.74) is 2.65. The maximum absolute atomic E-state index is 5.47. The van der Waals surface area contributed by atoms with Gasteiger partial charge in [0, 0.05) is 49.4 Å². The van der Waals surface area contributed by atoms with E-state index in [9.17, 15) is 0 Å². The summed E-state index contributed by atoms with van der Waals surface area (Å²) in [5, 5.41) is 0. The molecular weight excluding hydrogens is 404 g/mol. The van der Waals surface area contributed by atoms with Crippen molar-refractivity contribution in [1.82, 2.24) is 4.90 Å². The number of halogens is 1. The summed E-state index contributed by atoms with van der Waals surface area (Å²) in [6.45, 7) is 5.58. The smallest absolute Gasteiger partial charge is 0.135 e. The molecule has 0 bridgehead atoms. The van der Waals surface area contributed by atoms with Gasteiger partial charge in [0.15, 0.2) is 0 Å². The van der Waals surface area contributed by atoms with Crippen LogP contribution in [0.5, 0.6) is 11.5 Å². The zero-order valence-corrected chi connectivity index (χ0v) is 17.8. The fourth-order valence-electron chi connectivity index (χ4n) is 4.31. The molecule has 144 valence electrons. The number of ether oxygens (including phenoxy) is 2. The van der Waals surface area contributed by atoms with E-state index in [1.165, 1.54) is 17.7 Å². The highest BCUT2D eigenvalue weighted by atomic mass is 79.9. The number of piperazine rings is 1. The summed E-state index contributed by atoms with van der Waals surface area (Å²) in [4.78, 5) is 5.16. The Labute approximate surface area is 170 Å². The third-order valence-corrected chi connectivity index (χ3v) is 6.53. The Morgan fingerprint density at radius 2 is 1.89 bits per heavy atom. The number of hydrogen-bond donors (Lipinski definition) is 0. The zero-order valence-electron chi connectivity index (χ0n) is 16.2. The Balaban J connectivity index is 1.41. The molecule has 0 aromatic heterocycles. The van der Waals surface area contributed by atoms with E-state index in [2.05, 4.69) is 69.1 Å². The van der Waals surface area contributed by atoms with Gasteiger partial charge in [-0.2, -0.15) is 0 Å². The molecule has 1 unspecified atom stereocenters. The maximum atomic E-state index is 5.47. The SMILES string of the molecule is COc1cccc([C@@H]2C[C@H]2N2CCN(c3ccc(Br)c(OC)c3)C(C)C2)c1. The molecule has 1 aliphatic carbocycles. The van der Waals surface area contributed by atoms with Crippen LogP contribution >= 0.6 is 15.9 Å². The molecule has 3 atom stereocenters. The van der Waals surface area contributed by atoms with E-state index < -0.39 is 0 Å². The van der Waals surface area contributed by atoms with Gasteiger partial charge in [-0.3, -0.25) is 4.90 Å². The van der Waals surface area contributed by atoms with E-state index in [1.54, 1.807) is 14.2 Å². The first-order valence-electron chi connectivity index (χ1n) is 9.59. The van der Waals surface area contributed by atoms with Crippen LogP contribution in [-0.4, -0.2) is 50.8 Å². The van der Waals surface area contributed by atoms with Gasteiger partial charge in [0.1, 0.15) is 11.5 Å². The Kier molecular flexibility index (Phi) is 5.33. The predicted molar refractivity (Wildman–Crippen MR) is 113 cm³/mol. The van der Waals surface area contributed by atoms with E-state index in [0.29, 0.717) is 18.0 Å². The second-order valence-corrected chi connectivity index (χ2v) is 8.40. The number of hydrogen-bond acceptors (Lipinski definition) is 4. The molecule has 5 heteroatoms. The average molecular weight is 431 g/mol. The lowest BCUT2D eigenvalue weighted by molar-refractivity contribution is 0.216. The van der Waals surface area contributed by atoms with Crippen molar-refractivity contribution in [2.24, 2.45) is 0 Å². The van der Waals surface area contributed by atoms with Crippen molar-refractivity contribution >= 4 is 21.6 Å². The highest BCUT2D eigenvalue weighted by molar-refractivity contribution is 9.10. The number of rotatable bonds is 5. The van der Waals surface area contributed by atoms with Crippen molar-refractivity contribution in [2.45, 2.75) is 31.3 Å². The van der Waals surface area contributed by atoms with Gasteiger partial charge < -0.3 is 14.4 Å². The van der Waals surface area contributed by atoms with E-state index in [-0.39, 0.29) is 0 Å². The molecule has 4 rings (SSSR count). The van der Waals surface area contributed by atoms with Crippen molar-refractivity contribution < 1.29 is 9.47 Å². The highest BCUT2D eigenvalue weighted by Crippen LogP contribution is 2.46. The molecule has 0 N–H and O–H groups in total. The Morgan fingerprint density at radius 1 is 1.04 bits per heavy atom. The van der Waals surface area contributed by atoms with Crippen LogP contribution in [0.3, 0.4) is 0 Å². The molecule has 2 aromatic rings. The summed E-state index contributed by atoms with van der Waals surface area (Å²) in [7, 11) is 3.46. The second kappa shape index (κ2) is 7.72. The minimum atomic E-state index is 0.483. The van der Waals surface area contributed by atoms with E-state index >= 15 is 0 Å². The topological polar surface area (TPSA) is 24.9 Å². The zero-order chi connectivity index (χ0) is 19.0. The monoisotopic (exact) mass is 430 g/mol. The molecule has 2 aromatic carbocycles. The molecule has 0 amide bonds. The molecule has 2 aliphatic rings. The molecule has 1 saturated carbocycles. The summed E-state index contributed by atoms with van der Waals surface area (Å²) in [5.74, 6) is 2.49. The lowest BCUT2D eigenvalue weighted by Gasteiger charge is -2.41. The van der Waals surface area contributed by atoms with Crippen molar-refractivity contribution in [3.05, 3.63) is 52.5 Å². The van der Waals surface area contributed by atoms with Gasteiger partial charge in [0.25, 0.3) is 0 Å². The maximum Gasteiger partial charge on any atom is 0.135 e. The molecule has 4 nitrogen and oxygen atoms in total. The van der Waals surface area contributed by atoms with Crippen molar-refractivity contribution in [3.8, 4) is 11.5 Å². The standard InChI is InChI=1S/C22H27BrN2O2/c1-15-14-24(21-13-19(21)16-5-4-6-18(11-16)26-2)9-10-25(15)17-7-8-20(23)22(12-17)27-3/h4-8,11-12,15,19,21H,9-10,13-14H2,1-3H3/t15?,19-,21+/m0/s1. The van der Waals surface area contributed by atoms with Crippen LogP contribution in [0.4, 0.5) is 5.69 Å². The Morgan fingerprint density at radius 3 is 2.63 bits per heavy atom. The molecule has 1 saturated heterocycles. The van der Waals surface area contributed by atoms with Crippen molar-refractivity contribution in [3.63, 3.8) is 0 Å². The highest BCUT2D eigenvalue weighted by Gasteiger charge is 2.44. The molecule has 1 heterocycles. The van der Waals surface area contributed by atoms with Gasteiger partial charge in [0.05, 0.1) is 18.7 Å². The molecule has 27 heavy (non-hydrogen) atoms.